The quantitative estimate of drug-likeness (QED) is 0.404. The molecule has 4 rings (SSSR count). The highest BCUT2D eigenvalue weighted by Gasteiger charge is 2.20. The summed E-state index contributed by atoms with van der Waals surface area (Å²) in [5, 5.41) is 11.5. The number of hydrogen-bond acceptors (Lipinski definition) is 6. The van der Waals surface area contributed by atoms with Crippen molar-refractivity contribution < 1.29 is 22.7 Å². The van der Waals surface area contributed by atoms with Crippen molar-refractivity contribution in [1.82, 2.24) is 15.2 Å². The number of aromatic nitrogens is 3. The molecule has 30 heavy (non-hydrogen) atoms. The summed E-state index contributed by atoms with van der Waals surface area (Å²) in [6.45, 7) is -1.20. The van der Waals surface area contributed by atoms with Gasteiger partial charge < -0.3 is 19.5 Å². The number of hydrogen-bond donors (Lipinski definition) is 2. The fraction of sp³-hybridized carbons (Fsp3) is 0.150. The second-order valence-electron chi connectivity index (χ2n) is 6.27. The molecule has 2 aromatic heterocycles. The first-order chi connectivity index (χ1) is 14.5. The van der Waals surface area contributed by atoms with Gasteiger partial charge in [0, 0.05) is 22.8 Å². The predicted octanol–water partition coefficient (Wildman–Crippen LogP) is 4.94. The van der Waals surface area contributed by atoms with Gasteiger partial charge in [0.15, 0.2) is 0 Å². The monoisotopic (exact) mass is 430 g/mol. The van der Waals surface area contributed by atoms with Gasteiger partial charge in [-0.2, -0.15) is 8.78 Å². The van der Waals surface area contributed by atoms with Crippen LogP contribution < -0.4 is 10.1 Å². The van der Waals surface area contributed by atoms with Gasteiger partial charge in [0.05, 0.1) is 10.8 Å². The molecule has 2 N–H and O–H groups in total. The zero-order chi connectivity index (χ0) is 21.1. The van der Waals surface area contributed by atoms with Gasteiger partial charge in [-0.3, -0.25) is 4.79 Å². The minimum Gasteiger partial charge on any atom is -0.435 e. The molecule has 0 saturated heterocycles. The number of nitrogens with zero attached hydrogens (tertiary/aromatic N) is 2. The van der Waals surface area contributed by atoms with E-state index >= 15 is 0 Å². The number of aromatic amines is 1. The third kappa shape index (κ3) is 4.43. The second-order valence-corrected chi connectivity index (χ2v) is 7.57. The summed E-state index contributed by atoms with van der Waals surface area (Å²) in [5.41, 5.74) is 2.20. The van der Waals surface area contributed by atoms with Crippen molar-refractivity contribution in [2.24, 2.45) is 0 Å². The molecular formula is C20H16F2N4O3S. The molecule has 1 atom stereocenters. The fourth-order valence-electron chi connectivity index (χ4n) is 2.78. The molecule has 1 unspecified atom stereocenters. The van der Waals surface area contributed by atoms with Crippen LogP contribution in [0.25, 0.3) is 22.4 Å². The molecule has 0 fully saturated rings. The Hall–Kier alpha value is -3.40. The van der Waals surface area contributed by atoms with Crippen molar-refractivity contribution in [1.29, 1.82) is 0 Å². The first-order valence-corrected chi connectivity index (χ1v) is 9.80. The molecule has 0 aliphatic heterocycles. The van der Waals surface area contributed by atoms with Crippen LogP contribution in [0, 0.1) is 0 Å². The maximum atomic E-state index is 12.4. The molecule has 0 aliphatic rings. The predicted molar refractivity (Wildman–Crippen MR) is 109 cm³/mol. The van der Waals surface area contributed by atoms with E-state index in [2.05, 4.69) is 25.2 Å². The summed E-state index contributed by atoms with van der Waals surface area (Å²) >= 11 is 1.12. The summed E-state index contributed by atoms with van der Waals surface area (Å²) in [4.78, 5) is 15.6. The van der Waals surface area contributed by atoms with Gasteiger partial charge in [0.2, 0.25) is 5.91 Å². The highest BCUT2D eigenvalue weighted by molar-refractivity contribution is 8.00. The summed E-state index contributed by atoms with van der Waals surface area (Å²) in [7, 11) is 0. The molecule has 0 bridgehead atoms. The molecule has 0 aliphatic carbocycles. The Balaban J connectivity index is 1.39. The number of fused-ring (bicyclic) bond motifs is 1. The number of anilines is 1. The summed E-state index contributed by atoms with van der Waals surface area (Å²) < 4.78 is 34.4. The Labute approximate surface area is 173 Å². The molecule has 4 aromatic rings. The maximum Gasteiger partial charge on any atom is 0.387 e. The molecule has 0 saturated carbocycles. The van der Waals surface area contributed by atoms with Crippen LogP contribution in [0.15, 0.2) is 64.4 Å². The van der Waals surface area contributed by atoms with E-state index in [9.17, 15) is 13.6 Å². The van der Waals surface area contributed by atoms with E-state index in [1.54, 1.807) is 13.1 Å². The van der Waals surface area contributed by atoms with Crippen LogP contribution in [0.4, 0.5) is 14.5 Å². The lowest BCUT2D eigenvalue weighted by Crippen LogP contribution is -2.22. The number of ether oxygens (including phenoxy) is 1. The van der Waals surface area contributed by atoms with Gasteiger partial charge in [-0.15, -0.1) is 10.2 Å². The number of carbonyl (C=O) groups is 1. The van der Waals surface area contributed by atoms with Crippen molar-refractivity contribution in [3.05, 3.63) is 54.7 Å². The van der Waals surface area contributed by atoms with E-state index in [1.165, 1.54) is 24.3 Å². The van der Waals surface area contributed by atoms with Crippen LogP contribution in [0.5, 0.6) is 5.75 Å². The smallest absolute Gasteiger partial charge is 0.387 e. The fourth-order valence-corrected chi connectivity index (χ4v) is 3.47. The zero-order valence-electron chi connectivity index (χ0n) is 15.6. The number of rotatable bonds is 7. The first kappa shape index (κ1) is 19.9. The van der Waals surface area contributed by atoms with Crippen LogP contribution in [-0.4, -0.2) is 32.9 Å². The minimum absolute atomic E-state index is 0.0149. The van der Waals surface area contributed by atoms with E-state index in [1.807, 2.05) is 24.3 Å². The Morgan fingerprint density at radius 1 is 1.17 bits per heavy atom. The third-order valence-corrected chi connectivity index (χ3v) is 5.15. The molecule has 0 spiro atoms. The number of carbonyl (C=O) groups excluding carboxylic acids is 1. The molecule has 0 radical (unpaired) electrons. The van der Waals surface area contributed by atoms with E-state index < -0.39 is 11.9 Å². The van der Waals surface area contributed by atoms with Crippen LogP contribution in [-0.2, 0) is 4.79 Å². The van der Waals surface area contributed by atoms with E-state index in [4.69, 9.17) is 4.42 Å². The lowest BCUT2D eigenvalue weighted by atomic mass is 10.2. The summed E-state index contributed by atoms with van der Waals surface area (Å²) in [6.07, 6.45) is 1.80. The van der Waals surface area contributed by atoms with Crippen LogP contribution in [0.1, 0.15) is 6.92 Å². The molecule has 10 heteroatoms. The van der Waals surface area contributed by atoms with Crippen LogP contribution in [0.3, 0.4) is 0 Å². The van der Waals surface area contributed by atoms with Gasteiger partial charge >= 0.3 is 6.61 Å². The normalized spacial score (nSPS) is 12.3. The van der Waals surface area contributed by atoms with Crippen LogP contribution in [0.2, 0.25) is 0 Å². The Kier molecular flexibility index (Phi) is 5.66. The van der Waals surface area contributed by atoms with Crippen molar-refractivity contribution in [3.8, 4) is 17.2 Å². The molecule has 1 amide bonds. The highest BCUT2D eigenvalue weighted by Crippen LogP contribution is 2.31. The van der Waals surface area contributed by atoms with E-state index in [-0.39, 0.29) is 16.9 Å². The average molecular weight is 430 g/mol. The average Bonchev–Trinajstić information content (AvgIpc) is 3.35. The van der Waals surface area contributed by atoms with Gasteiger partial charge in [-0.1, -0.05) is 30.0 Å². The summed E-state index contributed by atoms with van der Waals surface area (Å²) in [5.74, 6) is 0.0765. The van der Waals surface area contributed by atoms with Gasteiger partial charge in [-0.05, 0) is 37.3 Å². The standard InChI is InChI=1S/C20H16F2N4O3S/c1-11(17(27)24-12-6-8-13(9-7-12)28-19(21)22)30-20-26-25-18(29-20)15-10-23-16-5-3-2-4-14(15)16/h2-11,19,23H,1H3,(H,24,27). The maximum absolute atomic E-state index is 12.4. The van der Waals surface area contributed by atoms with E-state index in [0.717, 1.165) is 28.2 Å². The van der Waals surface area contributed by atoms with Crippen molar-refractivity contribution >= 4 is 34.3 Å². The van der Waals surface area contributed by atoms with Crippen molar-refractivity contribution in [2.45, 2.75) is 24.0 Å². The lowest BCUT2D eigenvalue weighted by Gasteiger charge is -2.10. The highest BCUT2D eigenvalue weighted by atomic mass is 32.2. The largest absolute Gasteiger partial charge is 0.435 e. The number of para-hydroxylation sites is 1. The number of amides is 1. The Morgan fingerprint density at radius 2 is 1.93 bits per heavy atom. The SMILES string of the molecule is CC(Sc1nnc(-c2c[nH]c3ccccc23)o1)C(=O)Nc1ccc(OC(F)F)cc1. The molecule has 7 nitrogen and oxygen atoms in total. The number of nitrogens with one attached hydrogen (secondary N) is 2. The number of H-pyrrole nitrogens is 1. The first-order valence-electron chi connectivity index (χ1n) is 8.92. The van der Waals surface area contributed by atoms with Gasteiger partial charge in [0.1, 0.15) is 5.75 Å². The third-order valence-electron chi connectivity index (χ3n) is 4.22. The van der Waals surface area contributed by atoms with Gasteiger partial charge in [0.25, 0.3) is 11.1 Å². The molecule has 154 valence electrons. The Morgan fingerprint density at radius 3 is 2.70 bits per heavy atom. The lowest BCUT2D eigenvalue weighted by molar-refractivity contribution is -0.115. The minimum atomic E-state index is -2.90. The topological polar surface area (TPSA) is 93.0 Å². The number of alkyl halides is 2. The van der Waals surface area contributed by atoms with Gasteiger partial charge in [-0.25, -0.2) is 0 Å². The summed E-state index contributed by atoms with van der Waals surface area (Å²) in [6, 6.07) is 13.4. The number of halogens is 2. The zero-order valence-corrected chi connectivity index (χ0v) is 16.5. The molecular weight excluding hydrogens is 414 g/mol. The van der Waals surface area contributed by atoms with Crippen LogP contribution >= 0.6 is 11.8 Å². The number of benzene rings is 2. The molecule has 2 heterocycles. The number of thioether (sulfide) groups is 1. The molecule has 2 aromatic carbocycles. The van der Waals surface area contributed by atoms with Crippen molar-refractivity contribution in [2.75, 3.05) is 5.32 Å². The van der Waals surface area contributed by atoms with E-state index in [0.29, 0.717) is 11.6 Å². The Bertz CT molecular complexity index is 1160. The van der Waals surface area contributed by atoms with Crippen molar-refractivity contribution in [3.63, 3.8) is 0 Å². The second kappa shape index (κ2) is 8.54.